The van der Waals surface area contributed by atoms with Gasteiger partial charge >= 0.3 is 5.97 Å². The number of methoxy groups -OCH3 is 1. The molecule has 0 spiro atoms. The predicted molar refractivity (Wildman–Crippen MR) is 74.8 cm³/mol. The van der Waals surface area contributed by atoms with Gasteiger partial charge in [-0.25, -0.2) is 22.2 Å². The van der Waals surface area contributed by atoms with Gasteiger partial charge in [0.2, 0.25) is 5.95 Å². The maximum atomic E-state index is 12.8. The Morgan fingerprint density at radius 3 is 3.00 bits per heavy atom. The Hall–Kier alpha value is -1.94. The predicted octanol–water partition coefficient (Wildman–Crippen LogP) is 0.725. The molecule has 3 heterocycles. The van der Waals surface area contributed by atoms with E-state index in [0.29, 0.717) is 19.5 Å². The maximum absolute atomic E-state index is 12.8. The van der Waals surface area contributed by atoms with Crippen LogP contribution in [0.5, 0.6) is 0 Å². The second-order valence-electron chi connectivity index (χ2n) is 4.32. The van der Waals surface area contributed by atoms with E-state index >= 15 is 0 Å². The first-order valence-corrected chi connectivity index (χ1v) is 8.44. The van der Waals surface area contributed by atoms with Crippen molar-refractivity contribution in [3.05, 3.63) is 22.7 Å². The van der Waals surface area contributed by atoms with Crippen LogP contribution in [-0.2, 0) is 21.3 Å². The van der Waals surface area contributed by atoms with E-state index in [9.17, 15) is 13.2 Å². The third-order valence-electron chi connectivity index (χ3n) is 3.12. The Morgan fingerprint density at radius 1 is 1.43 bits per heavy atom. The molecule has 10 heteroatoms. The van der Waals surface area contributed by atoms with Gasteiger partial charge in [-0.2, -0.15) is 10.1 Å². The van der Waals surface area contributed by atoms with Gasteiger partial charge in [0.15, 0.2) is 0 Å². The van der Waals surface area contributed by atoms with Crippen LogP contribution in [0.15, 0.2) is 22.7 Å². The van der Waals surface area contributed by atoms with Crippen LogP contribution in [0.4, 0.5) is 5.95 Å². The van der Waals surface area contributed by atoms with Gasteiger partial charge in [-0.3, -0.25) is 0 Å². The van der Waals surface area contributed by atoms with E-state index in [1.165, 1.54) is 28.5 Å². The summed E-state index contributed by atoms with van der Waals surface area (Å²) in [7, 11) is -2.65. The third-order valence-corrected chi connectivity index (χ3v) is 5.96. The molecule has 0 saturated heterocycles. The van der Waals surface area contributed by atoms with Crippen LogP contribution in [0.3, 0.4) is 0 Å². The molecule has 1 aliphatic rings. The number of carbonyl (C=O) groups excluding carboxylic acids is 1. The van der Waals surface area contributed by atoms with Gasteiger partial charge in [0, 0.05) is 13.1 Å². The Balaban J connectivity index is 2.08. The summed E-state index contributed by atoms with van der Waals surface area (Å²) in [5.41, 5.74) is 0. The minimum Gasteiger partial charge on any atom is -0.465 e. The minimum atomic E-state index is -3.87. The molecule has 21 heavy (non-hydrogen) atoms. The molecule has 0 atom stereocenters. The molecular weight excluding hydrogens is 316 g/mol. The first-order valence-electron chi connectivity index (χ1n) is 6.12. The number of esters is 1. The number of nitrogens with zero attached hydrogens (tertiary/aromatic N) is 4. The van der Waals surface area contributed by atoms with Crippen LogP contribution >= 0.6 is 11.3 Å². The fourth-order valence-corrected chi connectivity index (χ4v) is 4.93. The first kappa shape index (κ1) is 14.0. The number of hydrogen-bond acceptors (Lipinski definition) is 7. The van der Waals surface area contributed by atoms with Gasteiger partial charge in [0.1, 0.15) is 16.1 Å². The van der Waals surface area contributed by atoms with Gasteiger partial charge < -0.3 is 4.74 Å². The summed E-state index contributed by atoms with van der Waals surface area (Å²) in [6.07, 6.45) is 1.95. The molecule has 8 nitrogen and oxygen atoms in total. The summed E-state index contributed by atoms with van der Waals surface area (Å²) in [4.78, 5) is 15.7. The summed E-state index contributed by atoms with van der Waals surface area (Å²) in [6, 6.07) is 1.40. The number of ether oxygens (including phenoxy) is 1. The highest BCUT2D eigenvalue weighted by atomic mass is 32.2. The molecule has 3 rings (SSSR count). The number of sulfonamides is 1. The van der Waals surface area contributed by atoms with Crippen LogP contribution in [0.25, 0.3) is 0 Å². The lowest BCUT2D eigenvalue weighted by Gasteiger charge is -2.27. The lowest BCUT2D eigenvalue weighted by Crippen LogP contribution is -2.38. The van der Waals surface area contributed by atoms with Crippen molar-refractivity contribution in [1.82, 2.24) is 14.8 Å². The Kier molecular flexibility index (Phi) is 3.41. The number of hydrogen-bond donors (Lipinski definition) is 0. The zero-order chi connectivity index (χ0) is 15.0. The fraction of sp³-hybridized carbons (Fsp3) is 0.364. The zero-order valence-electron chi connectivity index (χ0n) is 11.1. The average molecular weight is 328 g/mol. The summed E-state index contributed by atoms with van der Waals surface area (Å²) >= 11 is 1.03. The maximum Gasteiger partial charge on any atom is 0.349 e. The highest BCUT2D eigenvalue weighted by molar-refractivity contribution is 7.93. The highest BCUT2D eigenvalue weighted by Crippen LogP contribution is 2.30. The molecule has 0 saturated carbocycles. The van der Waals surface area contributed by atoms with Crippen molar-refractivity contribution in [1.29, 1.82) is 0 Å². The topological polar surface area (TPSA) is 94.4 Å². The van der Waals surface area contributed by atoms with Gasteiger partial charge in [-0.1, -0.05) is 0 Å². The molecule has 2 aromatic rings. The number of carbonyl (C=O) groups is 1. The third kappa shape index (κ3) is 2.20. The van der Waals surface area contributed by atoms with Gasteiger partial charge in [0.25, 0.3) is 10.0 Å². The molecule has 0 aliphatic carbocycles. The van der Waals surface area contributed by atoms with Crippen molar-refractivity contribution in [2.75, 3.05) is 18.0 Å². The van der Waals surface area contributed by atoms with E-state index in [-0.39, 0.29) is 15.7 Å². The van der Waals surface area contributed by atoms with Crippen molar-refractivity contribution in [2.45, 2.75) is 17.9 Å². The summed E-state index contributed by atoms with van der Waals surface area (Å²) in [5, 5.41) is 5.54. The number of thiophene rings is 1. The van der Waals surface area contributed by atoms with E-state index in [4.69, 9.17) is 0 Å². The normalized spacial score (nSPS) is 14.8. The van der Waals surface area contributed by atoms with Crippen LogP contribution in [0.1, 0.15) is 16.1 Å². The standard InChI is InChI=1S/C11H12N4O4S2/c1-19-10(16)9-8(3-6-20-9)21(17,18)15-5-2-4-14-11(15)12-7-13-14/h3,6-7H,2,4-5H2,1H3. The van der Waals surface area contributed by atoms with Crippen molar-refractivity contribution in [3.63, 3.8) is 0 Å². The van der Waals surface area contributed by atoms with Crippen LogP contribution in [0, 0.1) is 0 Å². The first-order chi connectivity index (χ1) is 10.1. The Morgan fingerprint density at radius 2 is 2.24 bits per heavy atom. The molecule has 2 aromatic heterocycles. The van der Waals surface area contributed by atoms with Gasteiger partial charge in [-0.15, -0.1) is 11.3 Å². The molecule has 0 fully saturated rings. The number of aryl methyl sites for hydroxylation is 1. The van der Waals surface area contributed by atoms with Crippen molar-refractivity contribution in [2.24, 2.45) is 0 Å². The summed E-state index contributed by atoms with van der Waals surface area (Å²) in [5.74, 6) is -0.398. The van der Waals surface area contributed by atoms with E-state index in [2.05, 4.69) is 14.8 Å². The lowest BCUT2D eigenvalue weighted by atomic mass is 10.4. The Bertz CT molecular complexity index is 780. The van der Waals surface area contributed by atoms with Crippen LogP contribution in [-0.4, -0.2) is 42.8 Å². The quantitative estimate of drug-likeness (QED) is 0.771. The SMILES string of the molecule is COC(=O)c1sccc1S(=O)(=O)N1CCCn2ncnc21. The zero-order valence-corrected chi connectivity index (χ0v) is 12.7. The molecule has 0 aromatic carbocycles. The molecule has 0 unspecified atom stereocenters. The monoisotopic (exact) mass is 328 g/mol. The highest BCUT2D eigenvalue weighted by Gasteiger charge is 2.34. The molecule has 0 amide bonds. The molecule has 0 radical (unpaired) electrons. The average Bonchev–Trinajstić information content (AvgIpc) is 3.14. The molecule has 0 N–H and O–H groups in total. The largest absolute Gasteiger partial charge is 0.465 e. The summed E-state index contributed by atoms with van der Waals surface area (Å²) < 4.78 is 32.9. The van der Waals surface area contributed by atoms with Crippen molar-refractivity contribution >= 4 is 33.3 Å². The Labute approximate surface area is 125 Å². The number of aromatic nitrogens is 3. The van der Waals surface area contributed by atoms with E-state index < -0.39 is 16.0 Å². The van der Waals surface area contributed by atoms with Crippen molar-refractivity contribution < 1.29 is 17.9 Å². The molecule has 1 aliphatic heterocycles. The number of anilines is 1. The van der Waals surface area contributed by atoms with E-state index in [1.807, 2.05) is 0 Å². The van der Waals surface area contributed by atoms with Crippen LogP contribution in [0.2, 0.25) is 0 Å². The molecule has 0 bridgehead atoms. The number of fused-ring (bicyclic) bond motifs is 1. The fourth-order valence-electron chi connectivity index (χ4n) is 2.16. The summed E-state index contributed by atoms with van der Waals surface area (Å²) in [6.45, 7) is 0.923. The molecule has 112 valence electrons. The molecular formula is C11H12N4O4S2. The second kappa shape index (κ2) is 5.11. The van der Waals surface area contributed by atoms with Gasteiger partial charge in [-0.05, 0) is 17.9 Å². The van der Waals surface area contributed by atoms with E-state index in [0.717, 1.165) is 11.3 Å². The number of rotatable bonds is 3. The smallest absolute Gasteiger partial charge is 0.349 e. The van der Waals surface area contributed by atoms with E-state index in [1.54, 1.807) is 5.38 Å². The van der Waals surface area contributed by atoms with Gasteiger partial charge in [0.05, 0.1) is 7.11 Å². The minimum absolute atomic E-state index is 0.0594. The second-order valence-corrected chi connectivity index (χ2v) is 7.07. The van der Waals surface area contributed by atoms with Crippen molar-refractivity contribution in [3.8, 4) is 0 Å². The van der Waals surface area contributed by atoms with Crippen LogP contribution < -0.4 is 4.31 Å². The lowest BCUT2D eigenvalue weighted by molar-refractivity contribution is 0.0602.